The minimum atomic E-state index is -0.119. The van der Waals surface area contributed by atoms with E-state index in [9.17, 15) is 9.59 Å². The van der Waals surface area contributed by atoms with Crippen LogP contribution >= 0.6 is 0 Å². The molecule has 1 aromatic rings. The molecule has 0 bridgehead atoms. The molecule has 6 heteroatoms. The van der Waals surface area contributed by atoms with Gasteiger partial charge in [0.2, 0.25) is 11.8 Å². The molecule has 2 fully saturated rings. The molecule has 0 aliphatic carbocycles. The number of carbonyl (C=O) groups is 2. The van der Waals surface area contributed by atoms with E-state index in [4.69, 9.17) is 0 Å². The Kier molecular flexibility index (Phi) is 7.08. The Balaban J connectivity index is 1.42. The number of nitrogens with one attached hydrogen (secondary N) is 1. The first kappa shape index (κ1) is 20.8. The van der Waals surface area contributed by atoms with E-state index in [1.165, 1.54) is 5.56 Å². The predicted octanol–water partition coefficient (Wildman–Crippen LogP) is 1.71. The molecular formula is C22H34N4O2. The summed E-state index contributed by atoms with van der Waals surface area (Å²) in [5.41, 5.74) is 1.32. The summed E-state index contributed by atoms with van der Waals surface area (Å²) in [6.45, 7) is 8.23. The van der Waals surface area contributed by atoms with Crippen molar-refractivity contribution in [2.45, 2.75) is 57.8 Å². The molecule has 0 aromatic heterocycles. The lowest BCUT2D eigenvalue weighted by molar-refractivity contribution is -0.132. The highest BCUT2D eigenvalue weighted by Gasteiger charge is 2.31. The van der Waals surface area contributed by atoms with Gasteiger partial charge in [-0.1, -0.05) is 30.3 Å². The van der Waals surface area contributed by atoms with E-state index < -0.39 is 0 Å². The van der Waals surface area contributed by atoms with Gasteiger partial charge in [-0.15, -0.1) is 0 Å². The molecule has 1 N–H and O–H groups in total. The molecule has 0 saturated carbocycles. The lowest BCUT2D eigenvalue weighted by Crippen LogP contribution is -2.53. The number of hydrogen-bond donors (Lipinski definition) is 1. The molecule has 2 unspecified atom stereocenters. The number of benzene rings is 1. The monoisotopic (exact) mass is 386 g/mol. The van der Waals surface area contributed by atoms with Crippen LogP contribution in [0.1, 0.15) is 38.7 Å². The highest BCUT2D eigenvalue weighted by Crippen LogP contribution is 2.18. The average molecular weight is 387 g/mol. The predicted molar refractivity (Wildman–Crippen MR) is 111 cm³/mol. The molecule has 154 valence electrons. The summed E-state index contributed by atoms with van der Waals surface area (Å²) in [5.74, 6) is 0.246. The maximum atomic E-state index is 12.8. The zero-order chi connectivity index (χ0) is 20.1. The molecule has 2 aliphatic heterocycles. The summed E-state index contributed by atoms with van der Waals surface area (Å²) in [4.78, 5) is 30.8. The third-order valence-corrected chi connectivity index (χ3v) is 6.34. The van der Waals surface area contributed by atoms with Crippen LogP contribution in [-0.2, 0) is 16.1 Å². The number of nitrogens with zero attached hydrogens (tertiary/aromatic N) is 3. The standard InChI is InChI=1S/C22H34N4O2/c1-17(26-13-10-21(11-14-26)24(3)18(2)27)22(28)23-20-9-12-25(16-20)15-19-7-5-4-6-8-19/h4-8,17,20-21H,9-16H2,1-3H3,(H,23,28). The summed E-state index contributed by atoms with van der Waals surface area (Å²) in [6, 6.07) is 10.9. The fraction of sp³-hybridized carbons (Fsp3) is 0.636. The van der Waals surface area contributed by atoms with Crippen LogP contribution in [0.4, 0.5) is 0 Å². The third-order valence-electron chi connectivity index (χ3n) is 6.34. The van der Waals surface area contributed by atoms with Crippen molar-refractivity contribution >= 4 is 11.8 Å². The van der Waals surface area contributed by atoms with E-state index in [1.54, 1.807) is 6.92 Å². The van der Waals surface area contributed by atoms with Gasteiger partial charge in [-0.05, 0) is 31.7 Å². The van der Waals surface area contributed by atoms with Crippen LogP contribution in [0.15, 0.2) is 30.3 Å². The van der Waals surface area contributed by atoms with E-state index >= 15 is 0 Å². The van der Waals surface area contributed by atoms with Gasteiger partial charge in [0, 0.05) is 58.8 Å². The van der Waals surface area contributed by atoms with Crippen molar-refractivity contribution in [3.05, 3.63) is 35.9 Å². The third kappa shape index (κ3) is 5.32. The van der Waals surface area contributed by atoms with Crippen LogP contribution in [0.3, 0.4) is 0 Å². The number of piperidine rings is 1. The molecule has 0 spiro atoms. The van der Waals surface area contributed by atoms with Gasteiger partial charge in [-0.2, -0.15) is 0 Å². The highest BCUT2D eigenvalue weighted by atomic mass is 16.2. The Labute approximate surface area is 168 Å². The van der Waals surface area contributed by atoms with E-state index in [0.717, 1.165) is 52.0 Å². The van der Waals surface area contributed by atoms with Crippen molar-refractivity contribution in [3.8, 4) is 0 Å². The molecule has 2 saturated heterocycles. The molecule has 3 rings (SSSR count). The van der Waals surface area contributed by atoms with Crippen molar-refractivity contribution in [3.63, 3.8) is 0 Å². The van der Waals surface area contributed by atoms with Gasteiger partial charge in [0.1, 0.15) is 0 Å². The first-order valence-electron chi connectivity index (χ1n) is 10.5. The Hall–Kier alpha value is -1.92. The summed E-state index contributed by atoms with van der Waals surface area (Å²) in [6.07, 6.45) is 2.88. The number of carbonyl (C=O) groups excluding carboxylic acids is 2. The Morgan fingerprint density at radius 2 is 1.82 bits per heavy atom. The molecule has 1 aromatic carbocycles. The molecule has 28 heavy (non-hydrogen) atoms. The van der Waals surface area contributed by atoms with E-state index in [2.05, 4.69) is 39.4 Å². The second-order valence-corrected chi connectivity index (χ2v) is 8.29. The SMILES string of the molecule is CC(=O)N(C)C1CCN(C(C)C(=O)NC2CCN(Cc3ccccc3)C2)CC1. The normalized spacial score (nSPS) is 22.8. The summed E-state index contributed by atoms with van der Waals surface area (Å²) in [7, 11) is 1.88. The zero-order valence-electron chi connectivity index (χ0n) is 17.4. The van der Waals surface area contributed by atoms with Crippen LogP contribution in [-0.4, -0.2) is 77.9 Å². The molecule has 2 amide bonds. The Morgan fingerprint density at radius 3 is 2.46 bits per heavy atom. The van der Waals surface area contributed by atoms with Crippen molar-refractivity contribution < 1.29 is 9.59 Å². The highest BCUT2D eigenvalue weighted by molar-refractivity contribution is 5.81. The maximum absolute atomic E-state index is 12.8. The van der Waals surface area contributed by atoms with Gasteiger partial charge >= 0.3 is 0 Å². The minimum absolute atomic E-state index is 0.116. The summed E-state index contributed by atoms with van der Waals surface area (Å²) >= 11 is 0. The first-order valence-corrected chi connectivity index (χ1v) is 10.5. The fourth-order valence-corrected chi connectivity index (χ4v) is 4.34. The minimum Gasteiger partial charge on any atom is -0.351 e. The van der Waals surface area contributed by atoms with Gasteiger partial charge in [0.25, 0.3) is 0 Å². The number of rotatable bonds is 6. The van der Waals surface area contributed by atoms with Gasteiger partial charge in [-0.3, -0.25) is 19.4 Å². The second-order valence-electron chi connectivity index (χ2n) is 8.29. The van der Waals surface area contributed by atoms with Gasteiger partial charge in [0.15, 0.2) is 0 Å². The smallest absolute Gasteiger partial charge is 0.237 e. The zero-order valence-corrected chi connectivity index (χ0v) is 17.4. The van der Waals surface area contributed by atoms with Crippen LogP contribution in [0, 0.1) is 0 Å². The topological polar surface area (TPSA) is 55.9 Å². The van der Waals surface area contributed by atoms with E-state index in [-0.39, 0.29) is 23.9 Å². The molecule has 2 atom stereocenters. The number of amides is 2. The number of hydrogen-bond acceptors (Lipinski definition) is 4. The lowest BCUT2D eigenvalue weighted by atomic mass is 10.0. The van der Waals surface area contributed by atoms with Crippen molar-refractivity contribution in [1.82, 2.24) is 20.0 Å². The first-order chi connectivity index (χ1) is 13.4. The fourth-order valence-electron chi connectivity index (χ4n) is 4.34. The largest absolute Gasteiger partial charge is 0.351 e. The van der Waals surface area contributed by atoms with E-state index in [1.807, 2.05) is 24.9 Å². The lowest BCUT2D eigenvalue weighted by Gasteiger charge is -2.38. The molecule has 6 nitrogen and oxygen atoms in total. The Bertz CT molecular complexity index is 658. The molecule has 2 aliphatic rings. The van der Waals surface area contributed by atoms with Crippen LogP contribution in [0.25, 0.3) is 0 Å². The van der Waals surface area contributed by atoms with Crippen molar-refractivity contribution in [2.75, 3.05) is 33.2 Å². The maximum Gasteiger partial charge on any atom is 0.237 e. The average Bonchev–Trinajstić information content (AvgIpc) is 3.14. The van der Waals surface area contributed by atoms with Gasteiger partial charge < -0.3 is 10.2 Å². The van der Waals surface area contributed by atoms with Crippen molar-refractivity contribution in [2.24, 2.45) is 0 Å². The summed E-state index contributed by atoms with van der Waals surface area (Å²) in [5, 5.41) is 3.26. The van der Waals surface area contributed by atoms with Crippen LogP contribution in [0.2, 0.25) is 0 Å². The van der Waals surface area contributed by atoms with E-state index in [0.29, 0.717) is 6.04 Å². The number of likely N-dealkylation sites (tertiary alicyclic amines) is 2. The van der Waals surface area contributed by atoms with Gasteiger partial charge in [-0.25, -0.2) is 0 Å². The Morgan fingerprint density at radius 1 is 1.14 bits per heavy atom. The van der Waals surface area contributed by atoms with Crippen molar-refractivity contribution in [1.29, 1.82) is 0 Å². The van der Waals surface area contributed by atoms with Crippen LogP contribution in [0.5, 0.6) is 0 Å². The molecule has 0 radical (unpaired) electrons. The molecule has 2 heterocycles. The molecular weight excluding hydrogens is 352 g/mol. The van der Waals surface area contributed by atoms with Crippen LogP contribution < -0.4 is 5.32 Å². The van der Waals surface area contributed by atoms with Gasteiger partial charge in [0.05, 0.1) is 6.04 Å². The summed E-state index contributed by atoms with van der Waals surface area (Å²) < 4.78 is 0. The second kappa shape index (κ2) is 9.52. The quantitative estimate of drug-likeness (QED) is 0.809.